The Kier molecular flexibility index (Phi) is 7.22. The zero-order valence-corrected chi connectivity index (χ0v) is 22.1. The van der Waals surface area contributed by atoms with Gasteiger partial charge < -0.3 is 14.2 Å². The van der Waals surface area contributed by atoms with Crippen molar-refractivity contribution in [1.82, 2.24) is 4.57 Å². The predicted molar refractivity (Wildman–Crippen MR) is 139 cm³/mol. The maximum absolute atomic E-state index is 13.7. The molecule has 1 aromatic heterocycles. The van der Waals surface area contributed by atoms with E-state index in [0.717, 1.165) is 9.13 Å². The molecule has 4 rings (SSSR count). The highest BCUT2D eigenvalue weighted by molar-refractivity contribution is 14.1. The minimum atomic E-state index is -0.778. The number of aromatic nitrogens is 1. The van der Waals surface area contributed by atoms with Crippen molar-refractivity contribution in [1.29, 1.82) is 0 Å². The topological polar surface area (TPSA) is 79.1 Å². The summed E-state index contributed by atoms with van der Waals surface area (Å²) in [6, 6.07) is 12.4. The third-order valence-corrected chi connectivity index (χ3v) is 7.12. The van der Waals surface area contributed by atoms with E-state index < -0.39 is 12.0 Å². The molecule has 0 N–H and O–H groups in total. The Morgan fingerprint density at radius 3 is 2.56 bits per heavy atom. The van der Waals surface area contributed by atoms with Crippen LogP contribution in [0.5, 0.6) is 11.5 Å². The second-order valence-corrected chi connectivity index (χ2v) is 9.72. The van der Waals surface area contributed by atoms with Gasteiger partial charge in [0.2, 0.25) is 0 Å². The lowest BCUT2D eigenvalue weighted by Gasteiger charge is -2.26. The van der Waals surface area contributed by atoms with Gasteiger partial charge in [-0.25, -0.2) is 9.79 Å². The molecule has 2 heterocycles. The number of esters is 1. The van der Waals surface area contributed by atoms with Crippen molar-refractivity contribution in [3.8, 4) is 11.5 Å². The van der Waals surface area contributed by atoms with Gasteiger partial charge in [0.05, 0.1) is 36.6 Å². The molecular weight excluding hydrogens is 567 g/mol. The van der Waals surface area contributed by atoms with E-state index in [1.165, 1.54) is 11.3 Å². The highest BCUT2D eigenvalue weighted by Crippen LogP contribution is 2.37. The summed E-state index contributed by atoms with van der Waals surface area (Å²) >= 11 is 3.52. The molecule has 0 fully saturated rings. The number of carbonyl (C=O) groups is 1. The van der Waals surface area contributed by atoms with Gasteiger partial charge in [0.15, 0.2) is 4.80 Å². The molecule has 1 aliphatic heterocycles. The number of nitrogens with zero attached hydrogens (tertiary/aromatic N) is 2. The van der Waals surface area contributed by atoms with Crippen LogP contribution in [0.2, 0.25) is 0 Å². The summed E-state index contributed by atoms with van der Waals surface area (Å²) in [7, 11) is 3.11. The molecule has 9 heteroatoms. The molecule has 0 saturated carbocycles. The molecule has 0 amide bonds. The Hall–Kier alpha value is -2.92. The monoisotopic (exact) mass is 590 g/mol. The van der Waals surface area contributed by atoms with Crippen LogP contribution >= 0.6 is 33.9 Å². The van der Waals surface area contributed by atoms with Crippen molar-refractivity contribution >= 4 is 46.0 Å². The fourth-order valence-corrected chi connectivity index (χ4v) is 5.26. The number of allylic oxidation sites excluding steroid dienone is 1. The van der Waals surface area contributed by atoms with E-state index >= 15 is 0 Å². The number of rotatable bonds is 6. The first-order valence-electron chi connectivity index (χ1n) is 10.5. The van der Waals surface area contributed by atoms with Gasteiger partial charge >= 0.3 is 5.97 Å². The summed E-state index contributed by atoms with van der Waals surface area (Å²) in [5.41, 5.74) is 2.06. The summed E-state index contributed by atoms with van der Waals surface area (Å²) in [5.74, 6) is 0.578. The van der Waals surface area contributed by atoms with Crippen LogP contribution in [0.25, 0.3) is 6.08 Å². The number of halogens is 1. The second kappa shape index (κ2) is 10.1. The zero-order valence-electron chi connectivity index (χ0n) is 19.1. The Bertz CT molecular complexity index is 1450. The Labute approximate surface area is 214 Å². The third-order valence-electron chi connectivity index (χ3n) is 5.42. The number of methoxy groups -OCH3 is 2. The molecule has 1 atom stereocenters. The molecule has 34 heavy (non-hydrogen) atoms. The van der Waals surface area contributed by atoms with Gasteiger partial charge in [-0.3, -0.25) is 9.36 Å². The largest absolute Gasteiger partial charge is 0.497 e. The van der Waals surface area contributed by atoms with Gasteiger partial charge in [-0.1, -0.05) is 23.5 Å². The molecule has 0 radical (unpaired) electrons. The predicted octanol–water partition coefficient (Wildman–Crippen LogP) is 3.42. The lowest BCUT2D eigenvalue weighted by Crippen LogP contribution is -2.40. The fourth-order valence-electron chi connectivity index (χ4n) is 3.85. The molecule has 7 nitrogen and oxygen atoms in total. The molecule has 0 saturated heterocycles. The molecule has 0 aliphatic carbocycles. The van der Waals surface area contributed by atoms with Crippen molar-refractivity contribution in [2.75, 3.05) is 20.8 Å². The molecule has 1 aliphatic rings. The second-order valence-electron chi connectivity index (χ2n) is 7.46. The molecule has 0 spiro atoms. The SMILES string of the molecule is CCOC(=O)C1=C(C)N=c2s/c(=C\c3ccc(I)cc3)c(=O)n2[C@H]1c1cc(OC)ccc1OC. The Morgan fingerprint density at radius 1 is 1.18 bits per heavy atom. The van der Waals surface area contributed by atoms with Crippen molar-refractivity contribution in [3.63, 3.8) is 0 Å². The summed E-state index contributed by atoms with van der Waals surface area (Å²) in [6.07, 6.45) is 1.84. The Morgan fingerprint density at radius 2 is 1.91 bits per heavy atom. The summed E-state index contributed by atoms with van der Waals surface area (Å²) < 4.78 is 19.6. The number of benzene rings is 2. The maximum Gasteiger partial charge on any atom is 0.338 e. The van der Waals surface area contributed by atoms with E-state index in [1.54, 1.807) is 50.8 Å². The van der Waals surface area contributed by atoms with Crippen LogP contribution in [0, 0.1) is 3.57 Å². The lowest BCUT2D eigenvalue weighted by molar-refractivity contribution is -0.139. The van der Waals surface area contributed by atoms with Crippen molar-refractivity contribution < 1.29 is 19.0 Å². The van der Waals surface area contributed by atoms with E-state index in [1.807, 2.05) is 30.3 Å². The highest BCUT2D eigenvalue weighted by atomic mass is 127. The minimum Gasteiger partial charge on any atom is -0.497 e. The first-order valence-corrected chi connectivity index (χ1v) is 12.4. The van der Waals surface area contributed by atoms with Gasteiger partial charge in [0.25, 0.3) is 5.56 Å². The molecular formula is C25H23IN2O5S. The van der Waals surface area contributed by atoms with E-state index in [9.17, 15) is 9.59 Å². The minimum absolute atomic E-state index is 0.203. The standard InChI is InChI=1S/C25H23IN2O5S/c1-5-33-24(30)21-14(2)27-25-28(22(21)18-13-17(31-3)10-11-19(18)32-4)23(29)20(34-25)12-15-6-8-16(26)9-7-15/h6-13,22H,5H2,1-4H3/b20-12-/t22-/m0/s1. The first-order chi connectivity index (χ1) is 16.4. The van der Waals surface area contributed by atoms with E-state index in [-0.39, 0.29) is 12.2 Å². The number of ether oxygens (including phenoxy) is 3. The number of hydrogen-bond donors (Lipinski definition) is 0. The van der Waals surface area contributed by atoms with Crippen LogP contribution in [-0.2, 0) is 9.53 Å². The number of hydrogen-bond acceptors (Lipinski definition) is 7. The molecule has 0 unspecified atom stereocenters. The van der Waals surface area contributed by atoms with Gasteiger partial charge in [-0.05, 0) is 78.4 Å². The smallest absolute Gasteiger partial charge is 0.338 e. The van der Waals surface area contributed by atoms with E-state index in [2.05, 4.69) is 27.6 Å². The van der Waals surface area contributed by atoms with Crippen molar-refractivity contribution in [2.45, 2.75) is 19.9 Å². The van der Waals surface area contributed by atoms with E-state index in [4.69, 9.17) is 14.2 Å². The molecule has 176 valence electrons. The fraction of sp³-hybridized carbons (Fsp3) is 0.240. The van der Waals surface area contributed by atoms with Crippen LogP contribution in [0.3, 0.4) is 0 Å². The number of thiazole rings is 1. The zero-order chi connectivity index (χ0) is 24.4. The average Bonchev–Trinajstić information content (AvgIpc) is 3.13. The molecule has 3 aromatic rings. The molecule has 0 bridgehead atoms. The molecule has 2 aromatic carbocycles. The van der Waals surface area contributed by atoms with Crippen LogP contribution in [0.15, 0.2) is 63.5 Å². The van der Waals surface area contributed by atoms with Crippen LogP contribution in [0.1, 0.15) is 31.0 Å². The van der Waals surface area contributed by atoms with Gasteiger partial charge in [0.1, 0.15) is 17.5 Å². The average molecular weight is 590 g/mol. The van der Waals surface area contributed by atoms with Crippen LogP contribution < -0.4 is 24.4 Å². The lowest BCUT2D eigenvalue weighted by atomic mass is 9.94. The van der Waals surface area contributed by atoms with Gasteiger partial charge in [-0.15, -0.1) is 0 Å². The summed E-state index contributed by atoms with van der Waals surface area (Å²) in [6.45, 7) is 3.70. The normalized spacial score (nSPS) is 15.6. The first kappa shape index (κ1) is 24.2. The quantitative estimate of drug-likeness (QED) is 0.325. The highest BCUT2D eigenvalue weighted by Gasteiger charge is 2.35. The van der Waals surface area contributed by atoms with Gasteiger partial charge in [-0.2, -0.15) is 0 Å². The van der Waals surface area contributed by atoms with Crippen molar-refractivity contribution in [3.05, 3.63) is 88.1 Å². The van der Waals surface area contributed by atoms with Crippen molar-refractivity contribution in [2.24, 2.45) is 4.99 Å². The maximum atomic E-state index is 13.7. The number of fused-ring (bicyclic) bond motifs is 1. The van der Waals surface area contributed by atoms with Crippen LogP contribution in [-0.4, -0.2) is 31.4 Å². The third kappa shape index (κ3) is 4.54. The summed E-state index contributed by atoms with van der Waals surface area (Å²) in [5, 5.41) is 0. The Balaban J connectivity index is 2.01. The van der Waals surface area contributed by atoms with Crippen LogP contribution in [0.4, 0.5) is 0 Å². The summed E-state index contributed by atoms with van der Waals surface area (Å²) in [4.78, 5) is 31.9. The van der Waals surface area contributed by atoms with E-state index in [0.29, 0.717) is 37.7 Å². The van der Waals surface area contributed by atoms with Gasteiger partial charge in [0, 0.05) is 9.13 Å². The number of carbonyl (C=O) groups excluding carboxylic acids is 1.